The summed E-state index contributed by atoms with van der Waals surface area (Å²) >= 11 is 0. The first kappa shape index (κ1) is 16.0. The second-order valence-corrected chi connectivity index (χ2v) is 5.89. The number of carbonyl (C=O) groups excluding carboxylic acids is 1. The van der Waals surface area contributed by atoms with Gasteiger partial charge in [0.15, 0.2) is 0 Å². The number of amides is 1. The Bertz CT molecular complexity index is 607. The lowest BCUT2D eigenvalue weighted by Crippen LogP contribution is -2.41. The molecule has 0 unspecified atom stereocenters. The van der Waals surface area contributed by atoms with Crippen LogP contribution in [-0.2, 0) is 6.54 Å². The van der Waals surface area contributed by atoms with E-state index in [1.807, 2.05) is 43.3 Å². The van der Waals surface area contributed by atoms with Gasteiger partial charge in [0.1, 0.15) is 12.7 Å². The van der Waals surface area contributed by atoms with E-state index < -0.39 is 0 Å². The monoisotopic (exact) mass is 301 g/mol. The van der Waals surface area contributed by atoms with Gasteiger partial charge in [-0.3, -0.25) is 9.48 Å². The SMILES string of the molecule is CC(C)[C@H](Cn1cncn1)NC(=O)c1cccc(N(C)C)c1. The highest BCUT2D eigenvalue weighted by Gasteiger charge is 2.18. The summed E-state index contributed by atoms with van der Waals surface area (Å²) in [7, 11) is 3.91. The van der Waals surface area contributed by atoms with Gasteiger partial charge < -0.3 is 10.2 Å². The molecule has 0 fully saturated rings. The molecule has 0 saturated heterocycles. The number of nitrogens with one attached hydrogen (secondary N) is 1. The van der Waals surface area contributed by atoms with E-state index in [1.165, 1.54) is 6.33 Å². The number of carbonyl (C=O) groups is 1. The van der Waals surface area contributed by atoms with Gasteiger partial charge in [-0.15, -0.1) is 0 Å². The number of hydrogen-bond acceptors (Lipinski definition) is 4. The van der Waals surface area contributed by atoms with Crippen molar-refractivity contribution >= 4 is 11.6 Å². The van der Waals surface area contributed by atoms with Crippen LogP contribution >= 0.6 is 0 Å². The lowest BCUT2D eigenvalue weighted by Gasteiger charge is -2.22. The van der Waals surface area contributed by atoms with Gasteiger partial charge in [0.05, 0.1) is 12.6 Å². The van der Waals surface area contributed by atoms with Crippen molar-refractivity contribution in [1.82, 2.24) is 20.1 Å². The van der Waals surface area contributed by atoms with E-state index in [-0.39, 0.29) is 11.9 Å². The summed E-state index contributed by atoms with van der Waals surface area (Å²) < 4.78 is 1.74. The number of hydrogen-bond donors (Lipinski definition) is 1. The Balaban J connectivity index is 2.09. The number of benzene rings is 1. The highest BCUT2D eigenvalue weighted by molar-refractivity contribution is 5.95. The van der Waals surface area contributed by atoms with E-state index in [4.69, 9.17) is 0 Å². The third kappa shape index (κ3) is 4.07. The molecule has 0 aliphatic carbocycles. The molecule has 0 radical (unpaired) electrons. The molecular formula is C16H23N5O. The predicted octanol–water partition coefficient (Wildman–Crippen LogP) is 1.80. The maximum absolute atomic E-state index is 12.5. The first-order chi connectivity index (χ1) is 10.5. The van der Waals surface area contributed by atoms with Crippen LogP contribution in [0, 0.1) is 5.92 Å². The topological polar surface area (TPSA) is 63.1 Å². The molecule has 0 saturated carbocycles. The Morgan fingerprint density at radius 3 is 2.73 bits per heavy atom. The fourth-order valence-corrected chi connectivity index (χ4v) is 2.13. The third-order valence-electron chi connectivity index (χ3n) is 3.60. The summed E-state index contributed by atoms with van der Waals surface area (Å²) in [4.78, 5) is 18.4. The van der Waals surface area contributed by atoms with Gasteiger partial charge in [-0.1, -0.05) is 19.9 Å². The summed E-state index contributed by atoms with van der Waals surface area (Å²) in [5, 5.41) is 7.19. The molecule has 1 N–H and O–H groups in total. The second-order valence-electron chi connectivity index (χ2n) is 5.89. The standard InChI is InChI=1S/C16H23N5O/c1-12(2)15(9-21-11-17-10-18-21)19-16(22)13-6-5-7-14(8-13)20(3)4/h5-8,10-12,15H,9H2,1-4H3,(H,19,22)/t15-/m0/s1. The van der Waals surface area contributed by atoms with Crippen molar-refractivity contribution in [3.05, 3.63) is 42.5 Å². The van der Waals surface area contributed by atoms with Crippen molar-refractivity contribution in [3.8, 4) is 0 Å². The molecule has 2 aromatic rings. The average Bonchev–Trinajstić information content (AvgIpc) is 2.99. The van der Waals surface area contributed by atoms with Crippen molar-refractivity contribution in [3.63, 3.8) is 0 Å². The van der Waals surface area contributed by atoms with Crippen LogP contribution in [0.2, 0.25) is 0 Å². The molecule has 6 heteroatoms. The van der Waals surface area contributed by atoms with Gasteiger partial charge in [-0.05, 0) is 24.1 Å². The molecule has 1 amide bonds. The van der Waals surface area contributed by atoms with Crippen LogP contribution in [0.5, 0.6) is 0 Å². The summed E-state index contributed by atoms with van der Waals surface area (Å²) in [5.74, 6) is 0.229. The number of aromatic nitrogens is 3. The molecule has 118 valence electrons. The van der Waals surface area contributed by atoms with Crippen LogP contribution in [0.3, 0.4) is 0 Å². The Labute approximate surface area is 131 Å². The van der Waals surface area contributed by atoms with Crippen LogP contribution in [-0.4, -0.2) is 40.8 Å². The molecule has 0 bridgehead atoms. The molecule has 6 nitrogen and oxygen atoms in total. The van der Waals surface area contributed by atoms with Crippen molar-refractivity contribution in [2.24, 2.45) is 5.92 Å². The summed E-state index contributed by atoms with van der Waals surface area (Å²) in [5.41, 5.74) is 1.67. The van der Waals surface area contributed by atoms with Crippen molar-refractivity contribution in [1.29, 1.82) is 0 Å². The van der Waals surface area contributed by atoms with Crippen LogP contribution in [0.1, 0.15) is 24.2 Å². The zero-order valence-corrected chi connectivity index (χ0v) is 13.5. The number of anilines is 1. The van der Waals surface area contributed by atoms with Gasteiger partial charge in [-0.2, -0.15) is 5.10 Å². The zero-order valence-electron chi connectivity index (χ0n) is 13.5. The minimum Gasteiger partial charge on any atom is -0.378 e. The summed E-state index contributed by atoms with van der Waals surface area (Å²) in [6, 6.07) is 7.59. The third-order valence-corrected chi connectivity index (χ3v) is 3.60. The van der Waals surface area contributed by atoms with E-state index in [0.29, 0.717) is 18.0 Å². The molecule has 0 aliphatic rings. The summed E-state index contributed by atoms with van der Waals surface area (Å²) in [6.45, 7) is 4.77. The first-order valence-corrected chi connectivity index (χ1v) is 7.38. The number of rotatable bonds is 6. The van der Waals surface area contributed by atoms with Gasteiger partial charge >= 0.3 is 0 Å². The largest absolute Gasteiger partial charge is 0.378 e. The van der Waals surface area contributed by atoms with Crippen molar-refractivity contribution < 1.29 is 4.79 Å². The first-order valence-electron chi connectivity index (χ1n) is 7.38. The van der Waals surface area contributed by atoms with E-state index in [9.17, 15) is 4.79 Å². The van der Waals surface area contributed by atoms with Gasteiger partial charge in [0.25, 0.3) is 5.91 Å². The van der Waals surface area contributed by atoms with Crippen LogP contribution < -0.4 is 10.2 Å². The Morgan fingerprint density at radius 1 is 1.36 bits per heavy atom. The Kier molecular flexibility index (Phi) is 5.14. The van der Waals surface area contributed by atoms with Crippen LogP contribution in [0.25, 0.3) is 0 Å². The maximum Gasteiger partial charge on any atom is 0.251 e. The molecule has 1 atom stereocenters. The molecule has 2 rings (SSSR count). The zero-order chi connectivity index (χ0) is 16.1. The minimum absolute atomic E-state index is 0.00258. The van der Waals surface area contributed by atoms with E-state index in [2.05, 4.69) is 29.2 Å². The predicted molar refractivity (Wildman–Crippen MR) is 86.9 cm³/mol. The van der Waals surface area contributed by atoms with Gasteiger partial charge in [0, 0.05) is 25.3 Å². The molecular weight excluding hydrogens is 278 g/mol. The fourth-order valence-electron chi connectivity index (χ4n) is 2.13. The van der Waals surface area contributed by atoms with Gasteiger partial charge in [0.2, 0.25) is 0 Å². The van der Waals surface area contributed by atoms with E-state index in [0.717, 1.165) is 5.69 Å². The van der Waals surface area contributed by atoms with Crippen molar-refractivity contribution in [2.45, 2.75) is 26.4 Å². The fraction of sp³-hybridized carbons (Fsp3) is 0.438. The second kappa shape index (κ2) is 7.06. The maximum atomic E-state index is 12.5. The van der Waals surface area contributed by atoms with Gasteiger partial charge in [-0.25, -0.2) is 4.98 Å². The highest BCUT2D eigenvalue weighted by atomic mass is 16.1. The molecule has 1 aromatic heterocycles. The quantitative estimate of drug-likeness (QED) is 0.883. The van der Waals surface area contributed by atoms with Crippen LogP contribution in [0.15, 0.2) is 36.9 Å². The smallest absolute Gasteiger partial charge is 0.251 e. The Hall–Kier alpha value is -2.37. The lowest BCUT2D eigenvalue weighted by molar-refractivity contribution is 0.0919. The summed E-state index contributed by atoms with van der Waals surface area (Å²) in [6.07, 6.45) is 3.16. The van der Waals surface area contributed by atoms with Crippen LogP contribution in [0.4, 0.5) is 5.69 Å². The van der Waals surface area contributed by atoms with Crippen molar-refractivity contribution in [2.75, 3.05) is 19.0 Å². The number of nitrogens with zero attached hydrogens (tertiary/aromatic N) is 4. The highest BCUT2D eigenvalue weighted by Crippen LogP contribution is 2.14. The van der Waals surface area contributed by atoms with E-state index in [1.54, 1.807) is 11.0 Å². The molecule has 1 heterocycles. The van der Waals surface area contributed by atoms with E-state index >= 15 is 0 Å². The Morgan fingerprint density at radius 2 is 2.14 bits per heavy atom. The molecule has 0 spiro atoms. The molecule has 22 heavy (non-hydrogen) atoms. The lowest BCUT2D eigenvalue weighted by atomic mass is 10.0. The normalized spacial score (nSPS) is 12.2. The minimum atomic E-state index is -0.0671. The molecule has 0 aliphatic heterocycles. The average molecular weight is 301 g/mol. The molecule has 1 aromatic carbocycles.